The van der Waals surface area contributed by atoms with Crippen LogP contribution < -0.4 is 0 Å². The van der Waals surface area contributed by atoms with E-state index in [0.717, 1.165) is 14.2 Å². The van der Waals surface area contributed by atoms with Gasteiger partial charge >= 0.3 is 0 Å². The molecule has 2 N–H and O–H groups in total. The lowest BCUT2D eigenvalue weighted by Gasteiger charge is -2.14. The number of ether oxygens (including phenoxy) is 3. The van der Waals surface area contributed by atoms with Gasteiger partial charge in [0.05, 0.1) is 13.2 Å². The van der Waals surface area contributed by atoms with Gasteiger partial charge in [-0.05, 0) is 0 Å². The summed E-state index contributed by atoms with van der Waals surface area (Å²) in [5.74, 6) is 0. The Bertz CT molecular complexity index is 399. The summed E-state index contributed by atoms with van der Waals surface area (Å²) in [6.07, 6.45) is -0.224. The van der Waals surface area contributed by atoms with Crippen molar-refractivity contribution < 1.29 is 40.2 Å². The Morgan fingerprint density at radius 2 is 1.16 bits per heavy atom. The second kappa shape index (κ2) is 8.09. The zero-order valence-electron chi connectivity index (χ0n) is 10.6. The van der Waals surface area contributed by atoms with Crippen LogP contribution in [0.25, 0.3) is 0 Å². The number of rotatable bonds is 10. The van der Waals surface area contributed by atoms with E-state index in [1.165, 1.54) is 0 Å². The van der Waals surface area contributed by atoms with Crippen molar-refractivity contribution in [3.05, 3.63) is 0 Å². The molecule has 9 nitrogen and oxygen atoms in total. The first-order chi connectivity index (χ1) is 8.62. The molecule has 11 heteroatoms. The van der Waals surface area contributed by atoms with Gasteiger partial charge in [0.25, 0.3) is 20.2 Å². The van der Waals surface area contributed by atoms with E-state index in [9.17, 15) is 16.8 Å². The van der Waals surface area contributed by atoms with E-state index in [-0.39, 0.29) is 26.1 Å². The van der Waals surface area contributed by atoms with Gasteiger partial charge in [0.15, 0.2) is 10.9 Å². The summed E-state index contributed by atoms with van der Waals surface area (Å²) in [6, 6.07) is 0. The highest BCUT2D eigenvalue weighted by atomic mass is 32.2. The SMILES string of the molecule is COC(CCOCCC(OC)S(=O)(=O)O)S(=O)(=O)O. The van der Waals surface area contributed by atoms with Crippen LogP contribution in [-0.2, 0) is 34.4 Å². The van der Waals surface area contributed by atoms with E-state index in [0.29, 0.717) is 0 Å². The lowest BCUT2D eigenvalue weighted by molar-refractivity contribution is 0.0619. The lowest BCUT2D eigenvalue weighted by atomic mass is 10.4. The summed E-state index contributed by atoms with van der Waals surface area (Å²) in [5.41, 5.74) is -2.79. The average Bonchev–Trinajstić information content (AvgIpc) is 2.24. The van der Waals surface area contributed by atoms with Gasteiger partial charge in [-0.15, -0.1) is 0 Å². The van der Waals surface area contributed by atoms with Crippen LogP contribution in [0.3, 0.4) is 0 Å². The Hall–Kier alpha value is -0.300. The zero-order chi connectivity index (χ0) is 15.1. The van der Waals surface area contributed by atoms with Gasteiger partial charge in [-0.3, -0.25) is 9.11 Å². The molecule has 0 radical (unpaired) electrons. The first kappa shape index (κ1) is 18.7. The zero-order valence-corrected chi connectivity index (χ0v) is 12.2. The molecule has 0 saturated carbocycles. The number of hydrogen-bond donors (Lipinski definition) is 2. The van der Waals surface area contributed by atoms with E-state index in [2.05, 4.69) is 9.47 Å². The molecule has 19 heavy (non-hydrogen) atoms. The molecular formula is C8H18O9S2. The van der Waals surface area contributed by atoms with Crippen molar-refractivity contribution in [2.45, 2.75) is 23.7 Å². The highest BCUT2D eigenvalue weighted by Crippen LogP contribution is 2.07. The third-order valence-corrected chi connectivity index (χ3v) is 4.37. The summed E-state index contributed by atoms with van der Waals surface area (Å²) in [4.78, 5) is 0. The molecule has 0 aliphatic heterocycles. The van der Waals surface area contributed by atoms with Crippen molar-refractivity contribution in [2.75, 3.05) is 27.4 Å². The minimum Gasteiger partial charge on any atom is -0.381 e. The Morgan fingerprint density at radius 1 is 0.842 bits per heavy atom. The minimum atomic E-state index is -4.31. The van der Waals surface area contributed by atoms with Crippen molar-refractivity contribution in [1.29, 1.82) is 0 Å². The first-order valence-corrected chi connectivity index (χ1v) is 8.19. The van der Waals surface area contributed by atoms with Crippen LogP contribution in [0.4, 0.5) is 0 Å². The van der Waals surface area contributed by atoms with Crippen molar-refractivity contribution in [3.8, 4) is 0 Å². The molecule has 0 fully saturated rings. The first-order valence-electron chi connectivity index (χ1n) is 5.18. The van der Waals surface area contributed by atoms with Crippen molar-refractivity contribution >= 4 is 20.2 Å². The molecule has 0 aromatic heterocycles. The molecule has 2 atom stereocenters. The molecular weight excluding hydrogens is 304 g/mol. The van der Waals surface area contributed by atoms with Crippen LogP contribution in [0.2, 0.25) is 0 Å². The molecule has 0 amide bonds. The fourth-order valence-electron chi connectivity index (χ4n) is 1.24. The quantitative estimate of drug-likeness (QED) is 0.403. The molecule has 0 aliphatic carbocycles. The Labute approximate surface area is 112 Å². The van der Waals surface area contributed by atoms with E-state index in [1.807, 2.05) is 0 Å². The molecule has 0 spiro atoms. The second-order valence-electron chi connectivity index (χ2n) is 3.55. The fourth-order valence-corrected chi connectivity index (χ4v) is 2.51. The molecule has 0 aromatic carbocycles. The van der Waals surface area contributed by atoms with Gasteiger partial charge in [-0.1, -0.05) is 0 Å². The smallest absolute Gasteiger partial charge is 0.292 e. The maximum atomic E-state index is 10.8. The maximum absolute atomic E-state index is 10.8. The summed E-state index contributed by atoms with van der Waals surface area (Å²) >= 11 is 0. The topological polar surface area (TPSA) is 136 Å². The molecule has 0 saturated heterocycles. The van der Waals surface area contributed by atoms with Gasteiger partial charge in [0.2, 0.25) is 0 Å². The highest BCUT2D eigenvalue weighted by Gasteiger charge is 2.23. The van der Waals surface area contributed by atoms with E-state index in [4.69, 9.17) is 13.8 Å². The minimum absolute atomic E-state index is 0.0692. The molecule has 0 heterocycles. The summed E-state index contributed by atoms with van der Waals surface area (Å²) in [7, 11) is -6.37. The summed E-state index contributed by atoms with van der Waals surface area (Å²) < 4.78 is 74.5. The largest absolute Gasteiger partial charge is 0.381 e. The molecule has 0 aromatic rings. The van der Waals surface area contributed by atoms with Gasteiger partial charge in [-0.25, -0.2) is 0 Å². The number of hydrogen-bond acceptors (Lipinski definition) is 7. The van der Waals surface area contributed by atoms with E-state index >= 15 is 0 Å². The molecule has 116 valence electrons. The van der Waals surface area contributed by atoms with Crippen LogP contribution in [0.5, 0.6) is 0 Å². The van der Waals surface area contributed by atoms with Crippen LogP contribution >= 0.6 is 0 Å². The van der Waals surface area contributed by atoms with Crippen molar-refractivity contribution in [1.82, 2.24) is 0 Å². The highest BCUT2D eigenvalue weighted by molar-refractivity contribution is 7.86. The maximum Gasteiger partial charge on any atom is 0.292 e. The van der Waals surface area contributed by atoms with Gasteiger partial charge in [-0.2, -0.15) is 16.8 Å². The van der Waals surface area contributed by atoms with Crippen LogP contribution in [-0.4, -0.2) is 64.2 Å². The number of methoxy groups -OCH3 is 2. The summed E-state index contributed by atoms with van der Waals surface area (Å²) in [6.45, 7) is -0.138. The molecule has 2 unspecified atom stereocenters. The van der Waals surface area contributed by atoms with Crippen LogP contribution in [0.1, 0.15) is 12.8 Å². The van der Waals surface area contributed by atoms with E-state index in [1.54, 1.807) is 0 Å². The Balaban J connectivity index is 4.00. The Kier molecular flexibility index (Phi) is 7.96. The second-order valence-corrected chi connectivity index (χ2v) is 6.66. The van der Waals surface area contributed by atoms with Gasteiger partial charge in [0.1, 0.15) is 0 Å². The van der Waals surface area contributed by atoms with E-state index < -0.39 is 31.1 Å². The van der Waals surface area contributed by atoms with Crippen molar-refractivity contribution in [2.24, 2.45) is 0 Å². The predicted octanol–water partition coefficient (Wildman–Crippen LogP) is -0.496. The normalized spacial score (nSPS) is 16.2. The monoisotopic (exact) mass is 322 g/mol. The third-order valence-electron chi connectivity index (χ3n) is 2.19. The molecule has 0 bridgehead atoms. The molecule has 0 aliphatic rings. The average molecular weight is 322 g/mol. The summed E-state index contributed by atoms with van der Waals surface area (Å²) in [5, 5.41) is 0. The Morgan fingerprint density at radius 3 is 1.37 bits per heavy atom. The fraction of sp³-hybridized carbons (Fsp3) is 1.00. The lowest BCUT2D eigenvalue weighted by Crippen LogP contribution is -2.26. The van der Waals surface area contributed by atoms with Crippen LogP contribution in [0, 0.1) is 0 Å². The van der Waals surface area contributed by atoms with Crippen molar-refractivity contribution in [3.63, 3.8) is 0 Å². The van der Waals surface area contributed by atoms with Gasteiger partial charge < -0.3 is 14.2 Å². The third kappa shape index (κ3) is 7.77. The predicted molar refractivity (Wildman–Crippen MR) is 64.7 cm³/mol. The van der Waals surface area contributed by atoms with Gasteiger partial charge in [0, 0.05) is 27.1 Å². The standard InChI is InChI=1S/C8H18O9S2/c1-15-7(18(9,10)11)3-5-17-6-4-8(16-2)19(12,13)14/h7-8H,3-6H2,1-2H3,(H,9,10,11)(H,12,13,14). The molecule has 0 rings (SSSR count). The van der Waals surface area contributed by atoms with Crippen LogP contribution in [0.15, 0.2) is 0 Å².